The topological polar surface area (TPSA) is 6.48 Å². The molecule has 2 aliphatic carbocycles. The summed E-state index contributed by atoms with van der Waals surface area (Å²) in [5.74, 6) is 0. The summed E-state index contributed by atoms with van der Waals surface area (Å²) in [5.41, 5.74) is 25.1. The summed E-state index contributed by atoms with van der Waals surface area (Å²) < 4.78 is 0. The molecule has 368 valence electrons. The van der Waals surface area contributed by atoms with Crippen LogP contribution in [0.25, 0.3) is 66.4 Å². The van der Waals surface area contributed by atoms with Crippen molar-refractivity contribution >= 4 is 44.9 Å². The van der Waals surface area contributed by atoms with Crippen molar-refractivity contribution in [1.82, 2.24) is 0 Å². The quantitative estimate of drug-likeness (QED) is 0.114. The number of rotatable bonds is 13. The van der Waals surface area contributed by atoms with Crippen molar-refractivity contribution in [3.63, 3.8) is 0 Å². The Morgan fingerprint density at radius 2 is 0.605 bits per heavy atom. The van der Waals surface area contributed by atoms with Crippen molar-refractivity contribution in [2.75, 3.05) is 9.80 Å². The molecule has 0 saturated carbocycles. The van der Waals surface area contributed by atoms with E-state index < -0.39 is 0 Å². The summed E-state index contributed by atoms with van der Waals surface area (Å²) in [6.45, 7) is 9.42. The number of anilines is 6. The molecule has 0 aliphatic heterocycles. The fourth-order valence-electron chi connectivity index (χ4n) is 13.5. The Morgan fingerprint density at radius 1 is 0.250 bits per heavy atom. The van der Waals surface area contributed by atoms with E-state index in [1.54, 1.807) is 0 Å². The van der Waals surface area contributed by atoms with Gasteiger partial charge in [0, 0.05) is 44.7 Å². The lowest BCUT2D eigenvalue weighted by Gasteiger charge is -2.32. The zero-order valence-corrected chi connectivity index (χ0v) is 44.0. The first kappa shape index (κ1) is 47.0. The molecule has 11 aromatic carbocycles. The maximum Gasteiger partial charge on any atom is 0.0540 e. The second kappa shape index (κ2) is 19.2. The Kier molecular flexibility index (Phi) is 11.9. The molecule has 0 N–H and O–H groups in total. The summed E-state index contributed by atoms with van der Waals surface area (Å²) in [7, 11) is 0. The summed E-state index contributed by atoms with van der Waals surface area (Å²) in [5, 5.41) is 2.41. The maximum atomic E-state index is 2.50. The third-order valence-electron chi connectivity index (χ3n) is 17.5. The van der Waals surface area contributed by atoms with Gasteiger partial charge in [-0.05, 0) is 176 Å². The van der Waals surface area contributed by atoms with Crippen LogP contribution in [0, 0.1) is 0 Å². The van der Waals surface area contributed by atoms with Crippen LogP contribution in [0.4, 0.5) is 34.1 Å². The molecular weight excluding hydrogens is 917 g/mol. The van der Waals surface area contributed by atoms with E-state index in [0.717, 1.165) is 59.8 Å². The van der Waals surface area contributed by atoms with Crippen LogP contribution in [0.1, 0.15) is 75.6 Å². The summed E-state index contributed by atoms with van der Waals surface area (Å²) in [6, 6.07) is 95.1. The predicted octanol–water partition coefficient (Wildman–Crippen LogP) is 21.0. The Hall–Kier alpha value is -8.72. The van der Waals surface area contributed by atoms with E-state index in [0.29, 0.717) is 0 Å². The molecule has 2 nitrogen and oxygen atoms in total. The van der Waals surface area contributed by atoms with Gasteiger partial charge in [0.05, 0.1) is 5.69 Å². The summed E-state index contributed by atoms with van der Waals surface area (Å²) in [4.78, 5) is 4.94. The third kappa shape index (κ3) is 7.53. The molecule has 0 amide bonds. The lowest BCUT2D eigenvalue weighted by molar-refractivity contribution is 0.490. The zero-order valence-electron chi connectivity index (χ0n) is 44.0. The number of hydrogen-bond donors (Lipinski definition) is 0. The van der Waals surface area contributed by atoms with Gasteiger partial charge in [-0.15, -0.1) is 0 Å². The Bertz CT molecular complexity index is 3900. The van der Waals surface area contributed by atoms with Crippen molar-refractivity contribution in [2.45, 2.75) is 64.2 Å². The molecule has 2 heteroatoms. The highest BCUT2D eigenvalue weighted by Crippen LogP contribution is 2.56. The van der Waals surface area contributed by atoms with Crippen molar-refractivity contribution in [2.24, 2.45) is 0 Å². The van der Waals surface area contributed by atoms with E-state index in [2.05, 4.69) is 292 Å². The van der Waals surface area contributed by atoms with Crippen molar-refractivity contribution < 1.29 is 0 Å². The van der Waals surface area contributed by atoms with Gasteiger partial charge in [0.2, 0.25) is 0 Å². The minimum atomic E-state index is -0.0495. The van der Waals surface area contributed by atoms with Gasteiger partial charge >= 0.3 is 0 Å². The fourth-order valence-corrected chi connectivity index (χ4v) is 13.5. The highest BCUT2D eigenvalue weighted by Gasteiger charge is 2.42. The van der Waals surface area contributed by atoms with Gasteiger partial charge in [0.25, 0.3) is 0 Å². The van der Waals surface area contributed by atoms with Crippen LogP contribution in [0.3, 0.4) is 0 Å². The van der Waals surface area contributed by atoms with Crippen LogP contribution >= 0.6 is 0 Å². The highest BCUT2D eigenvalue weighted by atomic mass is 15.1. The highest BCUT2D eigenvalue weighted by molar-refractivity contribution is 6.06. The van der Waals surface area contributed by atoms with E-state index in [9.17, 15) is 0 Å². The van der Waals surface area contributed by atoms with Crippen LogP contribution in [0.5, 0.6) is 0 Å². The van der Waals surface area contributed by atoms with Gasteiger partial charge in [-0.25, -0.2) is 0 Å². The van der Waals surface area contributed by atoms with Crippen LogP contribution < -0.4 is 9.80 Å². The van der Waals surface area contributed by atoms with E-state index in [1.807, 2.05) is 0 Å². The van der Waals surface area contributed by atoms with Gasteiger partial charge in [0.15, 0.2) is 0 Å². The van der Waals surface area contributed by atoms with E-state index >= 15 is 0 Å². The summed E-state index contributed by atoms with van der Waals surface area (Å²) in [6.07, 6.45) is 4.17. The normalized spacial score (nSPS) is 13.4. The molecule has 76 heavy (non-hydrogen) atoms. The second-order valence-electron chi connectivity index (χ2n) is 20.9. The Balaban J connectivity index is 0.922. The first-order chi connectivity index (χ1) is 37.5. The van der Waals surface area contributed by atoms with Gasteiger partial charge in [-0.1, -0.05) is 216 Å². The van der Waals surface area contributed by atoms with Crippen LogP contribution in [0.15, 0.2) is 255 Å². The fraction of sp³-hybridized carbons (Fsp3) is 0.135. The molecule has 0 aromatic heterocycles. The Labute approximate surface area is 449 Å². The molecule has 0 spiro atoms. The van der Waals surface area contributed by atoms with E-state index in [-0.39, 0.29) is 10.8 Å². The molecule has 2 aliphatic rings. The van der Waals surface area contributed by atoms with Crippen molar-refractivity contribution in [1.29, 1.82) is 0 Å². The van der Waals surface area contributed by atoms with E-state index in [4.69, 9.17) is 0 Å². The van der Waals surface area contributed by atoms with Gasteiger partial charge in [0.1, 0.15) is 0 Å². The average molecular weight is 979 g/mol. The van der Waals surface area contributed by atoms with Crippen molar-refractivity contribution in [3.05, 3.63) is 277 Å². The monoisotopic (exact) mass is 978 g/mol. The predicted molar refractivity (Wildman–Crippen MR) is 323 cm³/mol. The molecule has 0 unspecified atom stereocenters. The molecule has 0 atom stereocenters. The van der Waals surface area contributed by atoms with Gasteiger partial charge < -0.3 is 9.80 Å². The lowest BCUT2D eigenvalue weighted by atomic mass is 9.74. The minimum absolute atomic E-state index is 0.0367. The Morgan fingerprint density at radius 3 is 1.09 bits per heavy atom. The molecule has 0 saturated heterocycles. The third-order valence-corrected chi connectivity index (χ3v) is 17.5. The summed E-state index contributed by atoms with van der Waals surface area (Å²) >= 11 is 0. The van der Waals surface area contributed by atoms with Gasteiger partial charge in [-0.2, -0.15) is 0 Å². The molecule has 0 heterocycles. The minimum Gasteiger partial charge on any atom is -0.310 e. The molecule has 11 aromatic rings. The average Bonchev–Trinajstić information content (AvgIpc) is 3.97. The SMILES string of the molecule is CCC1(CC)c2ccccc2-c2ccc(N(c3ccc(-c4ccccc4)cc3)c3ccc(-c4cccc5c(N(c6ccc(-c7ccccc7)cc6)c6ccc7c(c6)C(CC)(CC)c6ccccc6-7)cccc45)cc3)cc21. The first-order valence-electron chi connectivity index (χ1n) is 27.5. The molecule has 13 rings (SSSR count). The standard InChI is InChI=1S/C74H62N2/c1-5-73(6-2)68-30-17-15-25-63(68)65-47-45-59(49-70(65)73)75(56-39-33-53(34-40-56)51-21-11-9-12-22-51)57-43-37-55(38-44-57)61-27-19-29-67-62(61)28-20-32-72(67)76(58-41-35-54(36-42-58)52-23-13-10-14-24-52)60-46-48-66-64-26-16-18-31-69(64)74(7-3,8-4)71(66)50-60/h9-50H,5-8H2,1-4H3. The first-order valence-corrected chi connectivity index (χ1v) is 27.5. The number of benzene rings is 11. The van der Waals surface area contributed by atoms with Crippen LogP contribution in [-0.4, -0.2) is 0 Å². The smallest absolute Gasteiger partial charge is 0.0540 e. The lowest BCUT2D eigenvalue weighted by Crippen LogP contribution is -2.23. The molecular formula is C74H62N2. The number of fused-ring (bicyclic) bond motifs is 7. The van der Waals surface area contributed by atoms with Crippen LogP contribution in [0.2, 0.25) is 0 Å². The molecule has 0 radical (unpaired) electrons. The number of nitrogens with zero attached hydrogens (tertiary/aromatic N) is 2. The maximum absolute atomic E-state index is 2.50. The molecule has 0 fully saturated rings. The largest absolute Gasteiger partial charge is 0.310 e. The van der Waals surface area contributed by atoms with Crippen molar-refractivity contribution in [3.8, 4) is 55.6 Å². The van der Waals surface area contributed by atoms with E-state index in [1.165, 1.54) is 88.7 Å². The van der Waals surface area contributed by atoms with Crippen LogP contribution in [-0.2, 0) is 10.8 Å². The van der Waals surface area contributed by atoms with Gasteiger partial charge in [-0.3, -0.25) is 0 Å². The second-order valence-corrected chi connectivity index (χ2v) is 20.9. The zero-order chi connectivity index (χ0) is 51.4. The number of hydrogen-bond acceptors (Lipinski definition) is 2. The molecule has 0 bridgehead atoms.